The number of carbonyl (C=O) groups is 2. The third-order valence-electron chi connectivity index (χ3n) is 4.19. The first-order chi connectivity index (χ1) is 11.0. The standard InChI is InChI=1S/C17H23ClN2O3/c1-11-7-8-13(9-14(11)18)20-16(21)10-15(17(22)23)19-12-5-3-2-4-6-12/h7-9,12,15,19H,2-6,10H2,1H3,(H,20,21)(H,22,23). The molecule has 2 rings (SSSR count). The molecule has 23 heavy (non-hydrogen) atoms. The van der Waals surface area contributed by atoms with Gasteiger partial charge in [0.1, 0.15) is 6.04 Å². The van der Waals surface area contributed by atoms with Gasteiger partial charge in [-0.3, -0.25) is 9.59 Å². The average molecular weight is 339 g/mol. The first kappa shape index (κ1) is 17.8. The number of hydrogen-bond donors (Lipinski definition) is 3. The summed E-state index contributed by atoms with van der Waals surface area (Å²) in [6, 6.07) is 4.56. The first-order valence-electron chi connectivity index (χ1n) is 8.00. The molecule has 0 radical (unpaired) electrons. The zero-order valence-electron chi connectivity index (χ0n) is 13.3. The van der Waals surface area contributed by atoms with E-state index in [-0.39, 0.29) is 18.4 Å². The van der Waals surface area contributed by atoms with Crippen LogP contribution in [0.5, 0.6) is 0 Å². The maximum absolute atomic E-state index is 12.1. The summed E-state index contributed by atoms with van der Waals surface area (Å²) in [6.07, 6.45) is 5.26. The topological polar surface area (TPSA) is 78.4 Å². The summed E-state index contributed by atoms with van der Waals surface area (Å²) in [4.78, 5) is 23.5. The van der Waals surface area contributed by atoms with Gasteiger partial charge in [-0.1, -0.05) is 36.9 Å². The summed E-state index contributed by atoms with van der Waals surface area (Å²) < 4.78 is 0. The van der Waals surface area contributed by atoms with Crippen molar-refractivity contribution in [2.45, 2.75) is 57.5 Å². The molecule has 1 atom stereocenters. The molecule has 1 aliphatic rings. The predicted molar refractivity (Wildman–Crippen MR) is 90.9 cm³/mol. The van der Waals surface area contributed by atoms with Crippen molar-refractivity contribution in [3.8, 4) is 0 Å². The molecular formula is C17H23ClN2O3. The van der Waals surface area contributed by atoms with Gasteiger partial charge in [0.25, 0.3) is 0 Å². The molecule has 0 heterocycles. The van der Waals surface area contributed by atoms with Crippen molar-refractivity contribution in [2.24, 2.45) is 0 Å². The van der Waals surface area contributed by atoms with Crippen molar-refractivity contribution < 1.29 is 14.7 Å². The lowest BCUT2D eigenvalue weighted by atomic mass is 9.94. The molecule has 1 saturated carbocycles. The summed E-state index contributed by atoms with van der Waals surface area (Å²) >= 11 is 6.02. The van der Waals surface area contributed by atoms with E-state index in [1.165, 1.54) is 6.42 Å². The molecule has 0 saturated heterocycles. The lowest BCUT2D eigenvalue weighted by Crippen LogP contribution is -2.45. The van der Waals surface area contributed by atoms with Crippen LogP contribution in [0.4, 0.5) is 5.69 Å². The highest BCUT2D eigenvalue weighted by Gasteiger charge is 2.25. The van der Waals surface area contributed by atoms with E-state index in [0.717, 1.165) is 31.2 Å². The van der Waals surface area contributed by atoms with Crippen LogP contribution in [0.2, 0.25) is 5.02 Å². The number of aliphatic carboxylic acids is 1. The largest absolute Gasteiger partial charge is 0.480 e. The van der Waals surface area contributed by atoms with Gasteiger partial charge in [0.2, 0.25) is 5.91 Å². The number of nitrogens with one attached hydrogen (secondary N) is 2. The fourth-order valence-electron chi connectivity index (χ4n) is 2.84. The number of aryl methyl sites for hydroxylation is 1. The summed E-state index contributed by atoms with van der Waals surface area (Å²) in [7, 11) is 0. The summed E-state index contributed by atoms with van der Waals surface area (Å²) in [5, 5.41) is 15.7. The fraction of sp³-hybridized carbons (Fsp3) is 0.529. The molecule has 1 aliphatic carbocycles. The Labute approximate surface area is 141 Å². The van der Waals surface area contributed by atoms with Gasteiger partial charge in [0.15, 0.2) is 0 Å². The predicted octanol–water partition coefficient (Wildman–Crippen LogP) is 3.35. The van der Waals surface area contributed by atoms with Crippen molar-refractivity contribution in [1.29, 1.82) is 0 Å². The minimum Gasteiger partial charge on any atom is -0.480 e. The summed E-state index contributed by atoms with van der Waals surface area (Å²) in [5.74, 6) is -1.33. The Morgan fingerprint density at radius 3 is 2.61 bits per heavy atom. The molecule has 1 aromatic carbocycles. The Bertz CT molecular complexity index is 571. The van der Waals surface area contributed by atoms with Gasteiger partial charge in [0, 0.05) is 16.8 Å². The van der Waals surface area contributed by atoms with Crippen LogP contribution in [0.3, 0.4) is 0 Å². The number of benzene rings is 1. The molecule has 1 fully saturated rings. The van der Waals surface area contributed by atoms with Gasteiger partial charge in [-0.25, -0.2) is 0 Å². The van der Waals surface area contributed by atoms with Crippen LogP contribution in [-0.2, 0) is 9.59 Å². The Morgan fingerprint density at radius 1 is 1.30 bits per heavy atom. The molecule has 0 bridgehead atoms. The van der Waals surface area contributed by atoms with Crippen molar-refractivity contribution in [3.63, 3.8) is 0 Å². The minimum atomic E-state index is -0.993. The Hall–Kier alpha value is -1.59. The smallest absolute Gasteiger partial charge is 0.321 e. The molecule has 0 aromatic heterocycles. The maximum Gasteiger partial charge on any atom is 0.321 e. The zero-order valence-corrected chi connectivity index (χ0v) is 14.0. The molecule has 1 aromatic rings. The quantitative estimate of drug-likeness (QED) is 0.743. The van der Waals surface area contributed by atoms with Crippen LogP contribution in [0.1, 0.15) is 44.1 Å². The monoisotopic (exact) mass is 338 g/mol. The normalized spacial score (nSPS) is 16.8. The van der Waals surface area contributed by atoms with E-state index < -0.39 is 12.0 Å². The number of carboxylic acids is 1. The van der Waals surface area contributed by atoms with Crippen LogP contribution < -0.4 is 10.6 Å². The lowest BCUT2D eigenvalue weighted by molar-refractivity contribution is -0.141. The van der Waals surface area contributed by atoms with Crippen LogP contribution in [0.25, 0.3) is 0 Å². The van der Waals surface area contributed by atoms with E-state index >= 15 is 0 Å². The number of carboxylic acid groups (broad SMARTS) is 1. The van der Waals surface area contributed by atoms with Gasteiger partial charge >= 0.3 is 5.97 Å². The highest BCUT2D eigenvalue weighted by Crippen LogP contribution is 2.21. The first-order valence-corrected chi connectivity index (χ1v) is 8.38. The zero-order chi connectivity index (χ0) is 16.8. The molecular weight excluding hydrogens is 316 g/mol. The van der Waals surface area contributed by atoms with E-state index in [9.17, 15) is 14.7 Å². The Balaban J connectivity index is 1.91. The fourth-order valence-corrected chi connectivity index (χ4v) is 3.02. The lowest BCUT2D eigenvalue weighted by Gasteiger charge is -2.26. The molecule has 5 nitrogen and oxygen atoms in total. The van der Waals surface area contributed by atoms with Gasteiger partial charge in [-0.15, -0.1) is 0 Å². The number of hydrogen-bond acceptors (Lipinski definition) is 3. The Kier molecular flexibility index (Phi) is 6.42. The van der Waals surface area contributed by atoms with Gasteiger partial charge in [-0.05, 0) is 37.5 Å². The number of carbonyl (C=O) groups excluding carboxylic acids is 1. The van der Waals surface area contributed by atoms with Gasteiger partial charge < -0.3 is 15.7 Å². The number of rotatable bonds is 6. The van der Waals surface area contributed by atoms with Crippen molar-refractivity contribution >= 4 is 29.2 Å². The second-order valence-corrected chi connectivity index (χ2v) is 6.52. The third kappa shape index (κ3) is 5.52. The van der Waals surface area contributed by atoms with E-state index in [4.69, 9.17) is 11.6 Å². The van der Waals surface area contributed by atoms with Crippen LogP contribution >= 0.6 is 11.6 Å². The number of anilines is 1. The van der Waals surface area contributed by atoms with Gasteiger partial charge in [0.05, 0.1) is 6.42 Å². The molecule has 3 N–H and O–H groups in total. The van der Waals surface area contributed by atoms with Crippen LogP contribution in [0.15, 0.2) is 18.2 Å². The molecule has 0 spiro atoms. The van der Waals surface area contributed by atoms with E-state index in [1.54, 1.807) is 12.1 Å². The molecule has 6 heteroatoms. The maximum atomic E-state index is 12.1. The average Bonchev–Trinajstić information content (AvgIpc) is 2.51. The molecule has 0 aliphatic heterocycles. The van der Waals surface area contributed by atoms with E-state index in [1.807, 2.05) is 13.0 Å². The SMILES string of the molecule is Cc1ccc(NC(=O)CC(NC2CCCCC2)C(=O)O)cc1Cl. The molecule has 1 unspecified atom stereocenters. The summed E-state index contributed by atoms with van der Waals surface area (Å²) in [6.45, 7) is 1.88. The highest BCUT2D eigenvalue weighted by molar-refractivity contribution is 6.31. The number of amides is 1. The van der Waals surface area contributed by atoms with E-state index in [0.29, 0.717) is 10.7 Å². The molecule has 126 valence electrons. The van der Waals surface area contributed by atoms with Crippen molar-refractivity contribution in [2.75, 3.05) is 5.32 Å². The van der Waals surface area contributed by atoms with E-state index in [2.05, 4.69) is 10.6 Å². The molecule has 1 amide bonds. The Morgan fingerprint density at radius 2 is 2.00 bits per heavy atom. The second-order valence-electron chi connectivity index (χ2n) is 6.11. The summed E-state index contributed by atoms with van der Waals surface area (Å²) in [5.41, 5.74) is 1.50. The minimum absolute atomic E-state index is 0.0999. The van der Waals surface area contributed by atoms with Crippen molar-refractivity contribution in [1.82, 2.24) is 5.32 Å². The van der Waals surface area contributed by atoms with Crippen LogP contribution in [-0.4, -0.2) is 29.1 Å². The highest BCUT2D eigenvalue weighted by atomic mass is 35.5. The van der Waals surface area contributed by atoms with Gasteiger partial charge in [-0.2, -0.15) is 0 Å². The van der Waals surface area contributed by atoms with Crippen molar-refractivity contribution in [3.05, 3.63) is 28.8 Å². The van der Waals surface area contributed by atoms with Crippen LogP contribution in [0, 0.1) is 6.92 Å². The third-order valence-corrected chi connectivity index (χ3v) is 4.59. The second kappa shape index (κ2) is 8.31. The number of halogens is 1.